The van der Waals surface area contributed by atoms with Crippen LogP contribution in [0.4, 0.5) is 5.82 Å². The zero-order valence-corrected chi connectivity index (χ0v) is 17.5. The van der Waals surface area contributed by atoms with Crippen LogP contribution in [-0.2, 0) is 6.54 Å². The van der Waals surface area contributed by atoms with Crippen LogP contribution in [0.1, 0.15) is 19.3 Å². The van der Waals surface area contributed by atoms with E-state index in [4.69, 9.17) is 28.0 Å². The first kappa shape index (κ1) is 19.5. The number of aromatic nitrogens is 4. The fourth-order valence-corrected chi connectivity index (χ4v) is 4.93. The van der Waals surface area contributed by atoms with Crippen LogP contribution in [0.5, 0.6) is 11.5 Å². The minimum absolute atomic E-state index is 0.387. The first-order valence-electron chi connectivity index (χ1n) is 10.2. The lowest BCUT2D eigenvalue weighted by atomic mass is 9.95. The number of anilines is 1. The molecule has 30 heavy (non-hydrogen) atoms. The predicted molar refractivity (Wildman–Crippen MR) is 117 cm³/mol. The van der Waals surface area contributed by atoms with E-state index in [2.05, 4.69) is 19.9 Å². The normalized spacial score (nSPS) is 16.8. The van der Waals surface area contributed by atoms with E-state index in [0.717, 1.165) is 41.8 Å². The van der Waals surface area contributed by atoms with Gasteiger partial charge in [0.15, 0.2) is 33.6 Å². The molecule has 1 fully saturated rings. The molecule has 0 aliphatic carbocycles. The van der Waals surface area contributed by atoms with Crippen molar-refractivity contribution >= 4 is 42.1 Å². The number of nitrogens with two attached hydrogens (primary N) is 1. The van der Waals surface area contributed by atoms with Crippen LogP contribution in [0.15, 0.2) is 28.5 Å². The van der Waals surface area contributed by atoms with Crippen molar-refractivity contribution in [1.82, 2.24) is 24.8 Å². The molecule has 2 radical (unpaired) electrons. The maximum Gasteiger partial charge on any atom is 0.175 e. The highest BCUT2D eigenvalue weighted by atomic mass is 32.2. The third kappa shape index (κ3) is 3.81. The number of piperidine rings is 1. The van der Waals surface area contributed by atoms with Gasteiger partial charge in [-0.25, -0.2) is 15.0 Å². The van der Waals surface area contributed by atoms with E-state index >= 15 is 0 Å². The summed E-state index contributed by atoms with van der Waals surface area (Å²) in [6.45, 7) is 4.05. The number of rotatable bonds is 5. The van der Waals surface area contributed by atoms with E-state index in [0.29, 0.717) is 47.4 Å². The molecule has 154 valence electrons. The van der Waals surface area contributed by atoms with Gasteiger partial charge in [0.25, 0.3) is 0 Å². The van der Waals surface area contributed by atoms with Gasteiger partial charge in [-0.1, -0.05) is 17.2 Å². The average molecular weight is 422 g/mol. The maximum absolute atomic E-state index is 6.30. The number of hydrogen-bond acceptors (Lipinski definition) is 8. The fraction of sp³-hybridized carbons (Fsp3) is 0.450. The summed E-state index contributed by atoms with van der Waals surface area (Å²) in [5.74, 6) is 2.46. The molecule has 0 amide bonds. The quantitative estimate of drug-likeness (QED) is 0.597. The molecule has 1 saturated heterocycles. The zero-order valence-electron chi connectivity index (χ0n) is 16.6. The molecule has 0 spiro atoms. The summed E-state index contributed by atoms with van der Waals surface area (Å²) < 4.78 is 13.5. The molecule has 4 heterocycles. The topological polar surface area (TPSA) is 100 Å². The van der Waals surface area contributed by atoms with Crippen LogP contribution >= 0.6 is 11.8 Å². The first-order valence-corrected chi connectivity index (χ1v) is 11.0. The number of aryl methyl sites for hydroxylation is 1. The lowest BCUT2D eigenvalue weighted by molar-refractivity contribution is 0.171. The Morgan fingerprint density at radius 1 is 1.17 bits per heavy atom. The molecule has 0 atom stereocenters. The number of ether oxygens (including phenoxy) is 2. The molecule has 2 aliphatic rings. The lowest BCUT2D eigenvalue weighted by Crippen LogP contribution is -2.28. The van der Waals surface area contributed by atoms with Crippen molar-refractivity contribution < 1.29 is 9.47 Å². The molecule has 5 rings (SSSR count). The Balaban J connectivity index is 1.48. The highest BCUT2D eigenvalue weighted by Crippen LogP contribution is 2.36. The highest BCUT2D eigenvalue weighted by molar-refractivity contribution is 7.99. The smallest absolute Gasteiger partial charge is 0.175 e. The summed E-state index contributed by atoms with van der Waals surface area (Å²) in [6, 6.07) is 3.73. The molecule has 3 N–H and O–H groups in total. The van der Waals surface area contributed by atoms with Crippen molar-refractivity contribution in [3.05, 3.63) is 18.5 Å². The Kier molecular flexibility index (Phi) is 5.43. The molecule has 0 bridgehead atoms. The highest BCUT2D eigenvalue weighted by Gasteiger charge is 2.21. The Morgan fingerprint density at radius 2 is 1.93 bits per heavy atom. The van der Waals surface area contributed by atoms with E-state index in [1.165, 1.54) is 30.9 Å². The summed E-state index contributed by atoms with van der Waals surface area (Å²) >= 11 is 1.49. The van der Waals surface area contributed by atoms with Gasteiger partial charge < -0.3 is 25.1 Å². The first-order chi connectivity index (χ1) is 14.7. The zero-order chi connectivity index (χ0) is 20.5. The monoisotopic (exact) mass is 422 g/mol. The molecular formula is C20H23BN6O2S. The molecule has 1 aromatic carbocycles. The third-order valence-corrected chi connectivity index (χ3v) is 6.69. The minimum atomic E-state index is 0.387. The average Bonchev–Trinajstić information content (AvgIpc) is 3.12. The van der Waals surface area contributed by atoms with Crippen molar-refractivity contribution in [2.24, 2.45) is 5.92 Å². The van der Waals surface area contributed by atoms with Gasteiger partial charge in [0, 0.05) is 11.4 Å². The Labute approximate surface area is 180 Å². The SMILES string of the molecule is [B]c1cc2c(cc1Sc1nc3c(N)ncnc3n1CCC1CCNCC1)OCCO2. The minimum Gasteiger partial charge on any atom is -0.486 e. The van der Waals surface area contributed by atoms with E-state index in [1.54, 1.807) is 0 Å². The van der Waals surface area contributed by atoms with Gasteiger partial charge in [0.05, 0.1) is 0 Å². The van der Waals surface area contributed by atoms with Gasteiger partial charge in [-0.2, -0.15) is 0 Å². The number of nitrogens with zero attached hydrogens (tertiary/aromatic N) is 4. The van der Waals surface area contributed by atoms with Crippen LogP contribution in [-0.4, -0.2) is 53.7 Å². The summed E-state index contributed by atoms with van der Waals surface area (Å²) in [5.41, 5.74) is 8.10. The molecule has 3 aromatic rings. The predicted octanol–water partition coefficient (Wildman–Crippen LogP) is 1.51. The Morgan fingerprint density at radius 3 is 2.73 bits per heavy atom. The largest absolute Gasteiger partial charge is 0.486 e. The van der Waals surface area contributed by atoms with Crippen LogP contribution < -0.4 is 26.0 Å². The fourth-order valence-electron chi connectivity index (χ4n) is 3.97. The van der Waals surface area contributed by atoms with Crippen molar-refractivity contribution in [3.8, 4) is 11.5 Å². The second kappa shape index (κ2) is 8.35. The van der Waals surface area contributed by atoms with Gasteiger partial charge in [-0.05, 0) is 50.4 Å². The van der Waals surface area contributed by atoms with Gasteiger partial charge in [-0.15, -0.1) is 0 Å². The van der Waals surface area contributed by atoms with E-state index in [9.17, 15) is 0 Å². The maximum atomic E-state index is 6.30. The second-order valence-electron chi connectivity index (χ2n) is 7.59. The summed E-state index contributed by atoms with van der Waals surface area (Å²) in [6.07, 6.45) is 4.96. The molecular weight excluding hydrogens is 399 g/mol. The lowest BCUT2D eigenvalue weighted by Gasteiger charge is -2.23. The number of hydrogen-bond donors (Lipinski definition) is 2. The van der Waals surface area contributed by atoms with Gasteiger partial charge in [0.1, 0.15) is 27.4 Å². The van der Waals surface area contributed by atoms with Gasteiger partial charge in [-0.3, -0.25) is 0 Å². The number of imidazole rings is 1. The number of nitrogens with one attached hydrogen (secondary N) is 1. The third-order valence-electron chi connectivity index (χ3n) is 5.62. The molecule has 2 aliphatic heterocycles. The van der Waals surface area contributed by atoms with E-state index in [1.807, 2.05) is 12.1 Å². The van der Waals surface area contributed by atoms with Crippen molar-refractivity contribution in [3.63, 3.8) is 0 Å². The van der Waals surface area contributed by atoms with E-state index < -0.39 is 0 Å². The van der Waals surface area contributed by atoms with Crippen LogP contribution in [0.3, 0.4) is 0 Å². The summed E-state index contributed by atoms with van der Waals surface area (Å²) in [7, 11) is 6.30. The Hall–Kier alpha value is -2.46. The standard InChI is InChI=1S/C20H23BN6O2S/c21-13-9-14-15(29-8-7-28-14)10-16(13)30-20-26-17-18(22)24-11-25-19(17)27(20)6-3-12-1-4-23-5-2-12/h9-12,23H,1-8H2,(H2,22,24,25). The molecule has 0 unspecified atom stereocenters. The summed E-state index contributed by atoms with van der Waals surface area (Å²) in [5, 5.41) is 4.22. The molecule has 10 heteroatoms. The molecule has 0 saturated carbocycles. The number of benzene rings is 1. The van der Waals surface area contributed by atoms with Crippen LogP contribution in [0.25, 0.3) is 11.2 Å². The Bertz CT molecular complexity index is 1070. The van der Waals surface area contributed by atoms with Gasteiger partial charge in [0.2, 0.25) is 0 Å². The molecule has 2 aromatic heterocycles. The van der Waals surface area contributed by atoms with Crippen molar-refractivity contribution in [2.75, 3.05) is 32.0 Å². The summed E-state index contributed by atoms with van der Waals surface area (Å²) in [4.78, 5) is 14.2. The van der Waals surface area contributed by atoms with Crippen LogP contribution in [0.2, 0.25) is 0 Å². The second-order valence-corrected chi connectivity index (χ2v) is 8.60. The van der Waals surface area contributed by atoms with Crippen molar-refractivity contribution in [1.29, 1.82) is 0 Å². The number of fused-ring (bicyclic) bond motifs is 2. The van der Waals surface area contributed by atoms with Crippen molar-refractivity contribution in [2.45, 2.75) is 35.9 Å². The molecule has 8 nitrogen and oxygen atoms in total. The number of nitrogen functional groups attached to an aromatic ring is 1. The van der Waals surface area contributed by atoms with Crippen LogP contribution in [0, 0.1) is 5.92 Å². The van der Waals surface area contributed by atoms with E-state index in [-0.39, 0.29) is 0 Å². The van der Waals surface area contributed by atoms with Gasteiger partial charge >= 0.3 is 0 Å².